The maximum Gasteiger partial charge on any atom is 0.410 e. The number of methoxy groups -OCH3 is 1. The molecular weight excluding hydrogens is 222 g/mol. The molecule has 0 spiro atoms. The first-order chi connectivity index (χ1) is 7.76. The van der Waals surface area contributed by atoms with Crippen molar-refractivity contribution in [3.05, 3.63) is 0 Å². The van der Waals surface area contributed by atoms with Crippen LogP contribution in [0.3, 0.4) is 0 Å². The molecule has 5 heteroatoms. The highest BCUT2D eigenvalue weighted by molar-refractivity contribution is 5.69. The normalized spacial score (nSPS) is 27.1. The second kappa shape index (κ2) is 5.23. The highest BCUT2D eigenvalue weighted by Crippen LogP contribution is 2.25. The minimum absolute atomic E-state index is 0.123. The van der Waals surface area contributed by atoms with E-state index in [1.807, 2.05) is 20.8 Å². The summed E-state index contributed by atoms with van der Waals surface area (Å²) in [6.45, 7) is 7.70. The first kappa shape index (κ1) is 14.3. The molecule has 0 saturated carbocycles. The molecule has 3 atom stereocenters. The average molecular weight is 245 g/mol. The molecule has 1 aliphatic heterocycles. The van der Waals surface area contributed by atoms with Crippen LogP contribution in [0.5, 0.6) is 0 Å². The van der Waals surface area contributed by atoms with Gasteiger partial charge in [-0.3, -0.25) is 4.90 Å². The number of ether oxygens (including phenoxy) is 2. The van der Waals surface area contributed by atoms with E-state index in [1.54, 1.807) is 18.9 Å². The molecule has 1 fully saturated rings. The van der Waals surface area contributed by atoms with Gasteiger partial charge in [-0.25, -0.2) is 4.79 Å². The monoisotopic (exact) mass is 245 g/mol. The predicted octanol–water partition coefficient (Wildman–Crippen LogP) is 1.39. The molecule has 0 aliphatic carbocycles. The number of carbonyl (C=O) groups excluding carboxylic acids is 1. The van der Waals surface area contributed by atoms with Gasteiger partial charge < -0.3 is 14.6 Å². The predicted molar refractivity (Wildman–Crippen MR) is 63.8 cm³/mol. The van der Waals surface area contributed by atoms with Crippen LogP contribution in [0.4, 0.5) is 4.79 Å². The maximum absolute atomic E-state index is 12.0. The Labute approximate surface area is 103 Å². The highest BCUT2D eigenvalue weighted by atomic mass is 16.6. The first-order valence-corrected chi connectivity index (χ1v) is 5.96. The fraction of sp³-hybridized carbons (Fsp3) is 0.917. The molecule has 1 amide bonds. The van der Waals surface area contributed by atoms with E-state index in [-0.39, 0.29) is 18.2 Å². The van der Waals surface area contributed by atoms with Crippen LogP contribution in [0.25, 0.3) is 0 Å². The molecule has 1 saturated heterocycles. The smallest absolute Gasteiger partial charge is 0.410 e. The Balaban J connectivity index is 2.73. The van der Waals surface area contributed by atoms with E-state index < -0.39 is 11.7 Å². The number of hydrogen-bond acceptors (Lipinski definition) is 4. The van der Waals surface area contributed by atoms with E-state index >= 15 is 0 Å². The molecule has 0 unspecified atom stereocenters. The number of nitrogens with zero attached hydrogens (tertiary/aromatic N) is 1. The summed E-state index contributed by atoms with van der Waals surface area (Å²) in [7, 11) is 1.60. The summed E-state index contributed by atoms with van der Waals surface area (Å²) < 4.78 is 10.6. The summed E-state index contributed by atoms with van der Waals surface area (Å²) in [5.41, 5.74) is -0.522. The van der Waals surface area contributed by atoms with E-state index in [0.29, 0.717) is 6.54 Å². The van der Waals surface area contributed by atoms with Crippen molar-refractivity contribution >= 4 is 6.09 Å². The molecule has 0 aromatic heterocycles. The van der Waals surface area contributed by atoms with Crippen molar-refractivity contribution in [2.75, 3.05) is 13.7 Å². The zero-order valence-corrected chi connectivity index (χ0v) is 11.3. The van der Waals surface area contributed by atoms with Gasteiger partial charge in [-0.05, 0) is 34.1 Å². The number of rotatable bonds is 2. The van der Waals surface area contributed by atoms with Crippen LogP contribution >= 0.6 is 0 Å². The summed E-state index contributed by atoms with van der Waals surface area (Å²) in [6, 6.07) is -0.324. The summed E-state index contributed by atoms with van der Waals surface area (Å²) in [5.74, 6) is 0. The van der Waals surface area contributed by atoms with E-state index in [9.17, 15) is 9.90 Å². The van der Waals surface area contributed by atoms with Crippen LogP contribution in [0.2, 0.25) is 0 Å². The topological polar surface area (TPSA) is 59.0 Å². The zero-order chi connectivity index (χ0) is 13.2. The third-order valence-electron chi connectivity index (χ3n) is 2.82. The van der Waals surface area contributed by atoms with Gasteiger partial charge in [-0.2, -0.15) is 0 Å². The van der Waals surface area contributed by atoms with Crippen LogP contribution in [-0.2, 0) is 9.47 Å². The van der Waals surface area contributed by atoms with E-state index in [0.717, 1.165) is 6.42 Å². The Morgan fingerprint density at radius 3 is 2.47 bits per heavy atom. The van der Waals surface area contributed by atoms with Crippen molar-refractivity contribution in [1.29, 1.82) is 0 Å². The van der Waals surface area contributed by atoms with Gasteiger partial charge in [-0.1, -0.05) is 0 Å². The summed E-state index contributed by atoms with van der Waals surface area (Å²) >= 11 is 0. The lowest BCUT2D eigenvalue weighted by Crippen LogP contribution is -2.48. The van der Waals surface area contributed by atoms with Gasteiger partial charge >= 0.3 is 6.09 Å². The fourth-order valence-corrected chi connectivity index (χ4v) is 2.15. The highest BCUT2D eigenvalue weighted by Gasteiger charge is 2.41. The summed E-state index contributed by atoms with van der Waals surface area (Å²) in [4.78, 5) is 13.5. The van der Waals surface area contributed by atoms with Crippen LogP contribution in [-0.4, -0.2) is 53.6 Å². The number of likely N-dealkylation sites (tertiary alicyclic amines) is 1. The number of aliphatic hydroxyl groups is 1. The lowest BCUT2D eigenvalue weighted by atomic mass is 10.1. The van der Waals surface area contributed by atoms with Gasteiger partial charge in [0.05, 0.1) is 18.2 Å². The molecule has 0 radical (unpaired) electrons. The minimum atomic E-state index is -0.630. The molecular formula is C12H23NO4. The molecule has 0 aromatic carbocycles. The number of carbonyl (C=O) groups is 1. The lowest BCUT2D eigenvalue weighted by molar-refractivity contribution is -0.0196. The second-order valence-corrected chi connectivity index (χ2v) is 5.47. The van der Waals surface area contributed by atoms with Crippen molar-refractivity contribution < 1.29 is 19.4 Å². The van der Waals surface area contributed by atoms with Crippen molar-refractivity contribution in [3.8, 4) is 0 Å². The van der Waals surface area contributed by atoms with Gasteiger partial charge in [0.15, 0.2) is 0 Å². The van der Waals surface area contributed by atoms with Crippen molar-refractivity contribution in [2.45, 2.75) is 58.0 Å². The van der Waals surface area contributed by atoms with Crippen LogP contribution in [0.15, 0.2) is 0 Å². The van der Waals surface area contributed by atoms with Crippen molar-refractivity contribution in [1.82, 2.24) is 4.90 Å². The van der Waals surface area contributed by atoms with Gasteiger partial charge in [0, 0.05) is 13.7 Å². The third-order valence-corrected chi connectivity index (χ3v) is 2.82. The second-order valence-electron chi connectivity index (χ2n) is 5.47. The van der Waals surface area contributed by atoms with Crippen LogP contribution in [0, 0.1) is 0 Å². The Hall–Kier alpha value is -0.810. The van der Waals surface area contributed by atoms with Gasteiger partial charge in [0.25, 0.3) is 0 Å². The first-order valence-electron chi connectivity index (χ1n) is 5.96. The number of aliphatic hydroxyl groups excluding tert-OH is 1. The third kappa shape index (κ3) is 3.57. The van der Waals surface area contributed by atoms with Crippen LogP contribution in [0.1, 0.15) is 34.1 Å². The van der Waals surface area contributed by atoms with E-state index in [1.165, 1.54) is 0 Å². The maximum atomic E-state index is 12.0. The van der Waals surface area contributed by atoms with E-state index in [4.69, 9.17) is 9.47 Å². The lowest BCUT2D eigenvalue weighted by Gasteiger charge is -2.31. The summed E-state index contributed by atoms with van der Waals surface area (Å²) in [6.07, 6.45) is -0.411. The Morgan fingerprint density at radius 2 is 2.06 bits per heavy atom. The SMILES string of the molecule is CO[C@H]1CCN(C(=O)OC(C)(C)C)[C@@H]1[C@H](C)O. The molecule has 17 heavy (non-hydrogen) atoms. The number of amides is 1. The van der Waals surface area contributed by atoms with Gasteiger partial charge in [0.2, 0.25) is 0 Å². The Kier molecular flexibility index (Phi) is 4.38. The number of hydrogen-bond donors (Lipinski definition) is 1. The van der Waals surface area contributed by atoms with E-state index in [2.05, 4.69) is 0 Å². The molecule has 0 aromatic rings. The summed E-state index contributed by atoms with van der Waals surface area (Å²) in [5, 5.41) is 9.74. The Morgan fingerprint density at radius 1 is 1.47 bits per heavy atom. The largest absolute Gasteiger partial charge is 0.444 e. The van der Waals surface area contributed by atoms with Gasteiger partial charge in [0.1, 0.15) is 5.60 Å². The van der Waals surface area contributed by atoms with Crippen molar-refractivity contribution in [3.63, 3.8) is 0 Å². The molecule has 1 rings (SSSR count). The van der Waals surface area contributed by atoms with Crippen LogP contribution < -0.4 is 0 Å². The molecule has 100 valence electrons. The zero-order valence-electron chi connectivity index (χ0n) is 11.3. The average Bonchev–Trinajstić information content (AvgIpc) is 2.57. The van der Waals surface area contributed by atoms with Crippen molar-refractivity contribution in [2.24, 2.45) is 0 Å². The minimum Gasteiger partial charge on any atom is -0.444 e. The standard InChI is InChI=1S/C12H23NO4/c1-8(14)10-9(16-5)6-7-13(10)11(15)17-12(2,3)4/h8-10,14H,6-7H2,1-5H3/t8-,9-,10+/m0/s1. The molecule has 1 heterocycles. The molecule has 1 aliphatic rings. The molecule has 0 bridgehead atoms. The Bertz CT molecular complexity index is 272. The fourth-order valence-electron chi connectivity index (χ4n) is 2.15. The molecule has 1 N–H and O–H groups in total. The van der Waals surface area contributed by atoms with Gasteiger partial charge in [-0.15, -0.1) is 0 Å². The molecule has 5 nitrogen and oxygen atoms in total. The quantitative estimate of drug-likeness (QED) is 0.798.